The zero-order chi connectivity index (χ0) is 12.6. The molecule has 1 saturated carbocycles. The number of nitrogens with one attached hydrogen (secondary N) is 1. The molecule has 3 heteroatoms. The summed E-state index contributed by atoms with van der Waals surface area (Å²) in [6.45, 7) is 0. The SMILES string of the molecule is COC1(CC(=O)c2c[nH]c3ccccc23)CCC1. The molecule has 0 amide bonds. The molecule has 1 N–H and O–H groups in total. The van der Waals surface area contributed by atoms with Crippen LogP contribution in [-0.4, -0.2) is 23.5 Å². The number of para-hydroxylation sites is 1. The summed E-state index contributed by atoms with van der Waals surface area (Å²) in [5.41, 5.74) is 1.60. The highest BCUT2D eigenvalue weighted by molar-refractivity contribution is 6.08. The first-order valence-electron chi connectivity index (χ1n) is 6.39. The Morgan fingerprint density at radius 1 is 1.39 bits per heavy atom. The smallest absolute Gasteiger partial charge is 0.167 e. The van der Waals surface area contributed by atoms with E-state index in [0.29, 0.717) is 6.42 Å². The van der Waals surface area contributed by atoms with Gasteiger partial charge in [0.05, 0.1) is 5.60 Å². The Kier molecular flexibility index (Phi) is 2.71. The van der Waals surface area contributed by atoms with Crippen LogP contribution in [0.2, 0.25) is 0 Å². The highest BCUT2D eigenvalue weighted by Gasteiger charge is 2.39. The first-order valence-corrected chi connectivity index (χ1v) is 6.39. The fourth-order valence-electron chi connectivity index (χ4n) is 2.71. The minimum atomic E-state index is -0.199. The van der Waals surface area contributed by atoms with E-state index in [1.807, 2.05) is 30.5 Å². The second-order valence-corrected chi connectivity index (χ2v) is 5.09. The summed E-state index contributed by atoms with van der Waals surface area (Å²) in [4.78, 5) is 15.5. The lowest BCUT2D eigenvalue weighted by molar-refractivity contribution is -0.0704. The molecule has 0 radical (unpaired) electrons. The molecule has 3 nitrogen and oxygen atoms in total. The Morgan fingerprint density at radius 3 is 2.83 bits per heavy atom. The summed E-state index contributed by atoms with van der Waals surface area (Å²) >= 11 is 0. The molecule has 0 unspecified atom stereocenters. The van der Waals surface area contributed by atoms with Crippen molar-refractivity contribution in [2.75, 3.05) is 7.11 Å². The van der Waals surface area contributed by atoms with Gasteiger partial charge in [-0.2, -0.15) is 0 Å². The van der Waals surface area contributed by atoms with Gasteiger partial charge in [-0.15, -0.1) is 0 Å². The number of hydrogen-bond acceptors (Lipinski definition) is 2. The molecule has 1 aliphatic carbocycles. The van der Waals surface area contributed by atoms with E-state index in [2.05, 4.69) is 4.98 Å². The fourth-order valence-corrected chi connectivity index (χ4v) is 2.71. The lowest BCUT2D eigenvalue weighted by Gasteiger charge is -2.40. The van der Waals surface area contributed by atoms with Crippen molar-refractivity contribution >= 4 is 16.7 Å². The van der Waals surface area contributed by atoms with Crippen LogP contribution in [0.1, 0.15) is 36.0 Å². The molecular formula is C15H17NO2. The van der Waals surface area contributed by atoms with Crippen molar-refractivity contribution < 1.29 is 9.53 Å². The zero-order valence-electron chi connectivity index (χ0n) is 10.5. The van der Waals surface area contributed by atoms with Crippen LogP contribution in [0.4, 0.5) is 0 Å². The molecule has 0 bridgehead atoms. The molecule has 0 saturated heterocycles. The zero-order valence-corrected chi connectivity index (χ0v) is 10.5. The maximum absolute atomic E-state index is 12.4. The van der Waals surface area contributed by atoms with Gasteiger partial charge < -0.3 is 9.72 Å². The van der Waals surface area contributed by atoms with Gasteiger partial charge in [0, 0.05) is 36.2 Å². The van der Waals surface area contributed by atoms with Crippen LogP contribution < -0.4 is 0 Å². The van der Waals surface area contributed by atoms with Gasteiger partial charge in [-0.05, 0) is 25.3 Å². The average molecular weight is 243 g/mol. The van der Waals surface area contributed by atoms with E-state index >= 15 is 0 Å². The van der Waals surface area contributed by atoms with E-state index in [-0.39, 0.29) is 11.4 Å². The highest BCUT2D eigenvalue weighted by Crippen LogP contribution is 2.39. The van der Waals surface area contributed by atoms with Crippen molar-refractivity contribution in [2.45, 2.75) is 31.3 Å². The number of Topliss-reactive ketones (excluding diaryl/α,β-unsaturated/α-hetero) is 1. The van der Waals surface area contributed by atoms with Crippen molar-refractivity contribution in [1.29, 1.82) is 0 Å². The van der Waals surface area contributed by atoms with Crippen LogP contribution in [0, 0.1) is 0 Å². The van der Waals surface area contributed by atoms with Gasteiger partial charge in [0.2, 0.25) is 0 Å². The second-order valence-electron chi connectivity index (χ2n) is 5.09. The summed E-state index contributed by atoms with van der Waals surface area (Å²) < 4.78 is 5.52. The van der Waals surface area contributed by atoms with Crippen molar-refractivity contribution in [3.05, 3.63) is 36.0 Å². The summed E-state index contributed by atoms with van der Waals surface area (Å²) in [6.07, 6.45) is 5.46. The monoisotopic (exact) mass is 243 g/mol. The number of ketones is 1. The van der Waals surface area contributed by atoms with Gasteiger partial charge in [-0.25, -0.2) is 0 Å². The molecule has 1 heterocycles. The molecule has 94 valence electrons. The van der Waals surface area contributed by atoms with Gasteiger partial charge in [0.15, 0.2) is 5.78 Å². The second kappa shape index (κ2) is 4.25. The summed E-state index contributed by atoms with van der Waals surface area (Å²) in [6, 6.07) is 7.90. The molecule has 18 heavy (non-hydrogen) atoms. The summed E-state index contributed by atoms with van der Waals surface area (Å²) in [7, 11) is 1.71. The van der Waals surface area contributed by atoms with Crippen molar-refractivity contribution in [3.63, 3.8) is 0 Å². The quantitative estimate of drug-likeness (QED) is 0.837. The Morgan fingerprint density at radius 2 is 2.17 bits per heavy atom. The lowest BCUT2D eigenvalue weighted by atomic mass is 9.76. The molecule has 0 aliphatic heterocycles. The third-order valence-electron chi connectivity index (χ3n) is 4.07. The third-order valence-corrected chi connectivity index (χ3v) is 4.07. The number of benzene rings is 1. The minimum Gasteiger partial charge on any atom is -0.378 e. The first-order chi connectivity index (χ1) is 8.74. The molecule has 1 fully saturated rings. The molecular weight excluding hydrogens is 226 g/mol. The minimum absolute atomic E-state index is 0.175. The Balaban J connectivity index is 1.88. The standard InChI is InChI=1S/C15H17NO2/c1-18-15(7-4-8-15)9-14(17)12-10-16-13-6-3-2-5-11(12)13/h2-3,5-6,10,16H,4,7-9H2,1H3. The first kappa shape index (κ1) is 11.5. The van der Waals surface area contributed by atoms with Crippen molar-refractivity contribution in [2.24, 2.45) is 0 Å². The highest BCUT2D eigenvalue weighted by atomic mass is 16.5. The average Bonchev–Trinajstić information content (AvgIpc) is 2.77. The van der Waals surface area contributed by atoms with Gasteiger partial charge >= 0.3 is 0 Å². The molecule has 1 aromatic carbocycles. The third kappa shape index (κ3) is 1.75. The lowest BCUT2D eigenvalue weighted by Crippen LogP contribution is -2.41. The van der Waals surface area contributed by atoms with Crippen molar-refractivity contribution in [1.82, 2.24) is 4.98 Å². The fraction of sp³-hybridized carbons (Fsp3) is 0.400. The number of rotatable bonds is 4. The van der Waals surface area contributed by atoms with E-state index in [1.165, 1.54) is 0 Å². The molecule has 0 spiro atoms. The number of aromatic nitrogens is 1. The number of carbonyl (C=O) groups is 1. The van der Waals surface area contributed by atoms with Crippen molar-refractivity contribution in [3.8, 4) is 0 Å². The maximum atomic E-state index is 12.4. The number of methoxy groups -OCH3 is 1. The Hall–Kier alpha value is -1.61. The van der Waals surface area contributed by atoms with E-state index in [0.717, 1.165) is 35.7 Å². The molecule has 2 aromatic rings. The summed E-state index contributed by atoms with van der Waals surface area (Å²) in [5, 5.41) is 1.01. The Labute approximate surface area is 106 Å². The molecule has 3 rings (SSSR count). The van der Waals surface area contributed by atoms with E-state index in [1.54, 1.807) is 7.11 Å². The van der Waals surface area contributed by atoms with Crippen LogP contribution in [0.5, 0.6) is 0 Å². The van der Waals surface area contributed by atoms with Crippen LogP contribution in [-0.2, 0) is 4.74 Å². The van der Waals surface area contributed by atoms with Gasteiger partial charge in [0.1, 0.15) is 0 Å². The van der Waals surface area contributed by atoms with E-state index in [4.69, 9.17) is 4.74 Å². The molecule has 1 aliphatic rings. The van der Waals surface area contributed by atoms with Crippen LogP contribution in [0.25, 0.3) is 10.9 Å². The van der Waals surface area contributed by atoms with Crippen LogP contribution >= 0.6 is 0 Å². The number of aromatic amines is 1. The molecule has 0 atom stereocenters. The van der Waals surface area contributed by atoms with E-state index in [9.17, 15) is 4.79 Å². The largest absolute Gasteiger partial charge is 0.378 e. The van der Waals surface area contributed by atoms with Crippen LogP contribution in [0.15, 0.2) is 30.5 Å². The number of hydrogen-bond donors (Lipinski definition) is 1. The predicted molar refractivity (Wildman–Crippen MR) is 70.8 cm³/mol. The number of H-pyrrole nitrogens is 1. The number of carbonyl (C=O) groups excluding carboxylic acids is 1. The summed E-state index contributed by atoms with van der Waals surface area (Å²) in [5.74, 6) is 0.175. The maximum Gasteiger partial charge on any atom is 0.167 e. The normalized spacial score (nSPS) is 17.6. The predicted octanol–water partition coefficient (Wildman–Crippen LogP) is 3.31. The van der Waals surface area contributed by atoms with Gasteiger partial charge in [-0.3, -0.25) is 4.79 Å². The van der Waals surface area contributed by atoms with Gasteiger partial charge in [0.25, 0.3) is 0 Å². The van der Waals surface area contributed by atoms with Crippen LogP contribution in [0.3, 0.4) is 0 Å². The topological polar surface area (TPSA) is 42.1 Å². The number of fused-ring (bicyclic) bond motifs is 1. The number of ether oxygens (including phenoxy) is 1. The van der Waals surface area contributed by atoms with E-state index < -0.39 is 0 Å². The molecule has 1 aromatic heterocycles. The Bertz CT molecular complexity index is 575. The van der Waals surface area contributed by atoms with Gasteiger partial charge in [-0.1, -0.05) is 18.2 Å².